The number of esters is 4. The van der Waals surface area contributed by atoms with Crippen LogP contribution in [0.25, 0.3) is 0 Å². The van der Waals surface area contributed by atoms with E-state index < -0.39 is 23.4 Å². The molecule has 8 bridgehead atoms. The summed E-state index contributed by atoms with van der Waals surface area (Å²) in [5, 5.41) is 0. The number of hydrogen-bond acceptors (Lipinski definition) is 12. The zero-order valence-corrected chi connectivity index (χ0v) is 55.6. The Bertz CT molecular complexity index is 2110. The molecule has 0 N–H and O–H groups in total. The first kappa shape index (κ1) is 92.1. The van der Waals surface area contributed by atoms with Gasteiger partial charge in [0, 0.05) is 0 Å². The zero-order valence-electron chi connectivity index (χ0n) is 55.6. The molecule has 8 rings (SSSR count). The number of fused-ring (bicyclic) bond motifs is 8. The number of carbonyl (C=O) groups is 4. The van der Waals surface area contributed by atoms with Crippen LogP contribution in [0.15, 0.2) is 0 Å². The molecule has 0 aliphatic heterocycles. The summed E-state index contributed by atoms with van der Waals surface area (Å²) >= 11 is 0. The predicted molar refractivity (Wildman–Crippen MR) is 370 cm³/mol. The fourth-order valence-electron chi connectivity index (χ4n) is 15.8. The molecule has 0 spiro atoms. The number of rotatable bonds is 20. The Balaban J connectivity index is -0.000000519. The highest BCUT2D eigenvalue weighted by Gasteiger charge is 2.65. The summed E-state index contributed by atoms with van der Waals surface area (Å²) < 4.78 is 45.6. The van der Waals surface area contributed by atoms with Gasteiger partial charge in [0.05, 0.1) is 47.1 Å². The first-order valence-electron chi connectivity index (χ1n) is 32.0. The number of ether oxygens (including phenoxy) is 8. The Morgan fingerprint density at radius 2 is 0.670 bits per heavy atom. The van der Waals surface area contributed by atoms with Gasteiger partial charge >= 0.3 is 23.9 Å². The van der Waals surface area contributed by atoms with Crippen molar-refractivity contribution in [2.24, 2.45) is 89.7 Å². The zero-order chi connectivity index (χ0) is 60.6. The van der Waals surface area contributed by atoms with Crippen LogP contribution in [0.3, 0.4) is 0 Å². The Hall–Kier alpha value is -2.28. The van der Waals surface area contributed by atoms with Gasteiger partial charge in [-0.05, 0) is 211 Å². The lowest BCUT2D eigenvalue weighted by molar-refractivity contribution is -0.206. The highest BCUT2D eigenvalue weighted by molar-refractivity contribution is 5.76. The Labute approximate surface area is 547 Å². The summed E-state index contributed by atoms with van der Waals surface area (Å²) in [7, 11) is 0. The average molecular weight is 1260 g/mol. The van der Waals surface area contributed by atoms with Crippen LogP contribution in [0.5, 0.6) is 0 Å². The molecule has 16 atom stereocenters. The van der Waals surface area contributed by atoms with Crippen LogP contribution >= 0.6 is 0 Å². The molecule has 0 radical (unpaired) electrons. The minimum Gasteiger partial charge on any atom is -0.438 e. The average Bonchev–Trinajstić information content (AvgIpc) is 4.13. The Morgan fingerprint density at radius 1 is 0.398 bits per heavy atom. The van der Waals surface area contributed by atoms with Crippen LogP contribution in [0.1, 0.15) is 328 Å². The molecule has 0 aromatic heterocycles. The van der Waals surface area contributed by atoms with E-state index in [-0.39, 0.29) is 155 Å². The third-order valence-electron chi connectivity index (χ3n) is 26.0. The maximum Gasteiger partial charge on any atom is 0.313 e. The van der Waals surface area contributed by atoms with Crippen molar-refractivity contribution in [1.82, 2.24) is 0 Å². The lowest BCUT2D eigenvalue weighted by Crippen LogP contribution is -2.40. The molecule has 0 amide bonds. The lowest BCUT2D eigenvalue weighted by atomic mass is 9.70. The van der Waals surface area contributed by atoms with Crippen LogP contribution in [0.2, 0.25) is 0 Å². The molecule has 8 saturated carbocycles. The van der Waals surface area contributed by atoms with Gasteiger partial charge in [0.1, 0.15) is 0 Å². The standard InChI is InChI=1S/C18H32O3.2C17H30O3.C16H28O3.8CH4/c1-8-16(3,4)15(19)21-12(2)20-14-11-13-9-10-18(14,7)17(13,5)6;1-7-15(2,3)14(18)20-11-19-13-10-12-8-9-17(13,6)16(12,4)5;1-7-11(2)15(18)20-12(3)19-14-10-13-8-9-17(14,6)16(13,4)5;1-6-11(2)14(17)19-10-18-13-9-12-7-8-16(13,5)15(12,3)4;;;;;;;;/h12-14H,8-11H2,1-7H3;12-13H,7-11H2,1-6H3;11-14H,7-10H2,1-6H3;11-13H,6-10H2,1-5H3;8*1H4. The maximum absolute atomic E-state index is 12.1. The minimum atomic E-state index is -0.458. The summed E-state index contributed by atoms with van der Waals surface area (Å²) in [6.45, 7) is 51.6. The molecule has 8 aliphatic carbocycles. The molecule has 0 aromatic rings. The summed E-state index contributed by atoms with van der Waals surface area (Å²) in [5.41, 5.74) is 1.37. The molecular formula is C76H152O12. The van der Waals surface area contributed by atoms with E-state index >= 15 is 0 Å². The fourth-order valence-corrected chi connectivity index (χ4v) is 15.8. The van der Waals surface area contributed by atoms with Gasteiger partial charge in [-0.25, -0.2) is 0 Å². The van der Waals surface area contributed by atoms with Crippen molar-refractivity contribution >= 4 is 23.9 Å². The van der Waals surface area contributed by atoms with Crippen molar-refractivity contribution in [1.29, 1.82) is 0 Å². The van der Waals surface area contributed by atoms with E-state index in [1.807, 2.05) is 83.1 Å². The molecule has 8 fully saturated rings. The molecular weight excluding hydrogens is 1100 g/mol. The molecule has 12 heteroatoms. The Kier molecular flexibility index (Phi) is 35.8. The summed E-state index contributed by atoms with van der Waals surface area (Å²) in [6.07, 6.45) is 17.7. The molecule has 8 aliphatic rings. The smallest absolute Gasteiger partial charge is 0.313 e. The largest absolute Gasteiger partial charge is 0.438 e. The summed E-state index contributed by atoms with van der Waals surface area (Å²) in [4.78, 5) is 47.5. The lowest BCUT2D eigenvalue weighted by Gasteiger charge is -2.39. The van der Waals surface area contributed by atoms with E-state index in [4.69, 9.17) is 37.9 Å². The van der Waals surface area contributed by atoms with E-state index in [1.165, 1.54) is 51.4 Å². The van der Waals surface area contributed by atoms with Crippen LogP contribution in [0.4, 0.5) is 0 Å². The fraction of sp³-hybridized carbons (Fsp3) is 0.947. The van der Waals surface area contributed by atoms with E-state index in [1.54, 1.807) is 0 Å². The van der Waals surface area contributed by atoms with Crippen molar-refractivity contribution in [3.63, 3.8) is 0 Å². The second kappa shape index (κ2) is 34.2. The van der Waals surface area contributed by atoms with E-state index in [9.17, 15) is 19.2 Å². The maximum atomic E-state index is 12.1. The normalized spacial score (nSPS) is 33.2. The molecule has 0 aromatic carbocycles. The van der Waals surface area contributed by atoms with Crippen molar-refractivity contribution in [3.05, 3.63) is 0 Å². The minimum absolute atomic E-state index is 0. The summed E-state index contributed by atoms with van der Waals surface area (Å²) in [5.74, 6) is 2.30. The van der Waals surface area contributed by atoms with Gasteiger partial charge in [0.25, 0.3) is 0 Å². The molecule has 16 unspecified atom stereocenters. The van der Waals surface area contributed by atoms with Crippen molar-refractivity contribution in [2.45, 2.75) is 365 Å². The van der Waals surface area contributed by atoms with Gasteiger partial charge in [-0.1, -0.05) is 184 Å². The Morgan fingerprint density at radius 3 is 0.943 bits per heavy atom. The van der Waals surface area contributed by atoms with Gasteiger partial charge in [-0.3, -0.25) is 19.2 Å². The quantitative estimate of drug-likeness (QED) is 0.0650. The van der Waals surface area contributed by atoms with Crippen molar-refractivity contribution < 1.29 is 57.1 Å². The second-order valence-corrected chi connectivity index (χ2v) is 31.2. The van der Waals surface area contributed by atoms with Gasteiger partial charge in [0.2, 0.25) is 0 Å². The molecule has 528 valence electrons. The van der Waals surface area contributed by atoms with Crippen molar-refractivity contribution in [3.8, 4) is 0 Å². The van der Waals surface area contributed by atoms with Gasteiger partial charge in [-0.15, -0.1) is 0 Å². The third kappa shape index (κ3) is 17.7. The molecule has 0 heterocycles. The highest BCUT2D eigenvalue weighted by atomic mass is 16.7. The highest BCUT2D eigenvalue weighted by Crippen LogP contribution is 2.69. The van der Waals surface area contributed by atoms with Crippen LogP contribution < -0.4 is 0 Å². The van der Waals surface area contributed by atoms with E-state index in [0.29, 0.717) is 21.7 Å². The van der Waals surface area contributed by atoms with Crippen LogP contribution in [-0.2, 0) is 57.1 Å². The summed E-state index contributed by atoms with van der Waals surface area (Å²) in [6, 6.07) is 0. The van der Waals surface area contributed by atoms with Gasteiger partial charge in [0.15, 0.2) is 26.2 Å². The number of carbonyl (C=O) groups excluding carboxylic acids is 4. The molecule has 12 nitrogen and oxygen atoms in total. The number of hydrogen-bond donors (Lipinski definition) is 0. The van der Waals surface area contributed by atoms with Gasteiger partial charge in [-0.2, -0.15) is 0 Å². The second-order valence-electron chi connectivity index (χ2n) is 31.2. The van der Waals surface area contributed by atoms with Crippen LogP contribution in [0, 0.1) is 89.7 Å². The predicted octanol–water partition coefficient (Wildman–Crippen LogP) is 21.7. The third-order valence-corrected chi connectivity index (χ3v) is 26.0. The van der Waals surface area contributed by atoms with E-state index in [2.05, 4.69) is 83.1 Å². The van der Waals surface area contributed by atoms with Gasteiger partial charge < -0.3 is 37.9 Å². The molecule has 88 heavy (non-hydrogen) atoms. The SMILES string of the molecule is C.C.C.C.C.C.C.C.CCC(C)(C)C(=O)OC(C)OC1CC2CCC1(C)C2(C)C.CCC(C)(C)C(=O)OCOC1CC2CCC1(C)C2(C)C.CCC(C)C(=O)OC(C)OC1CC2CCC1(C)C2(C)C.CCC(C)C(=O)OCOC1CC2CCC1(C)C2(C)C. The first-order chi connectivity index (χ1) is 36.7. The first-order valence-corrected chi connectivity index (χ1v) is 32.0. The topological polar surface area (TPSA) is 142 Å². The van der Waals surface area contributed by atoms with Crippen LogP contribution in [-0.4, -0.2) is 74.5 Å². The molecule has 0 saturated heterocycles. The van der Waals surface area contributed by atoms with E-state index in [0.717, 1.165) is 75.0 Å². The van der Waals surface area contributed by atoms with Crippen molar-refractivity contribution in [2.75, 3.05) is 13.6 Å². The monoisotopic (exact) mass is 1260 g/mol.